The minimum absolute atomic E-state index is 0.111. The lowest BCUT2D eigenvalue weighted by atomic mass is 10.0. The van der Waals surface area contributed by atoms with Gasteiger partial charge in [-0.1, -0.05) is 30.7 Å². The van der Waals surface area contributed by atoms with Gasteiger partial charge in [0.1, 0.15) is 0 Å². The van der Waals surface area contributed by atoms with Gasteiger partial charge >= 0.3 is 0 Å². The summed E-state index contributed by atoms with van der Waals surface area (Å²) in [6.07, 6.45) is 2.13. The number of halogens is 1. The van der Waals surface area contributed by atoms with Crippen molar-refractivity contribution in [3.05, 3.63) is 34.9 Å². The number of carbonyl (C=O) groups is 2. The molecule has 0 unspecified atom stereocenters. The fourth-order valence-electron chi connectivity index (χ4n) is 2.41. The molecule has 1 aliphatic heterocycles. The molecule has 1 aromatic rings. The monoisotopic (exact) mass is 294 g/mol. The molecule has 0 aromatic heterocycles. The predicted octanol–water partition coefficient (Wildman–Crippen LogP) is 2.47. The van der Waals surface area contributed by atoms with Crippen LogP contribution in [0, 0.1) is 0 Å². The summed E-state index contributed by atoms with van der Waals surface area (Å²) in [5, 5.41) is 3.45. The molecule has 0 atom stereocenters. The Kier molecular flexibility index (Phi) is 5.01. The SMILES string of the molecule is CCC(=O)N1CCC(NC(=O)c2ccccc2Cl)CC1. The van der Waals surface area contributed by atoms with Crippen LogP contribution in [0.2, 0.25) is 5.02 Å². The lowest BCUT2D eigenvalue weighted by molar-refractivity contribution is -0.131. The molecule has 0 bridgehead atoms. The van der Waals surface area contributed by atoms with Gasteiger partial charge in [-0.2, -0.15) is 0 Å². The standard InChI is InChI=1S/C15H19ClN2O2/c1-2-14(19)18-9-7-11(8-10-18)17-15(20)12-5-3-4-6-13(12)16/h3-6,11H,2,7-10H2,1H3,(H,17,20). The van der Waals surface area contributed by atoms with Crippen molar-refractivity contribution in [2.45, 2.75) is 32.2 Å². The number of amides is 2. The Morgan fingerprint density at radius 3 is 2.55 bits per heavy atom. The van der Waals surface area contributed by atoms with Crippen molar-refractivity contribution in [2.75, 3.05) is 13.1 Å². The molecular weight excluding hydrogens is 276 g/mol. The van der Waals surface area contributed by atoms with Gasteiger partial charge in [-0.05, 0) is 25.0 Å². The molecule has 0 saturated carbocycles. The second-order valence-electron chi connectivity index (χ2n) is 4.96. The third-order valence-corrected chi connectivity index (χ3v) is 3.93. The third-order valence-electron chi connectivity index (χ3n) is 3.60. The van der Waals surface area contributed by atoms with E-state index in [1.54, 1.807) is 24.3 Å². The molecule has 1 saturated heterocycles. The van der Waals surface area contributed by atoms with Gasteiger partial charge < -0.3 is 10.2 Å². The molecule has 108 valence electrons. The van der Waals surface area contributed by atoms with Crippen LogP contribution in [0.15, 0.2) is 24.3 Å². The highest BCUT2D eigenvalue weighted by molar-refractivity contribution is 6.33. The Bertz CT molecular complexity index is 496. The number of nitrogens with one attached hydrogen (secondary N) is 1. The van der Waals surface area contributed by atoms with E-state index in [0.717, 1.165) is 12.8 Å². The molecule has 4 nitrogen and oxygen atoms in total. The van der Waals surface area contributed by atoms with Crippen LogP contribution in [-0.4, -0.2) is 35.8 Å². The van der Waals surface area contributed by atoms with Crippen LogP contribution in [0.4, 0.5) is 0 Å². The zero-order valence-electron chi connectivity index (χ0n) is 11.6. The van der Waals surface area contributed by atoms with Crippen molar-refractivity contribution in [1.82, 2.24) is 10.2 Å². The molecule has 1 fully saturated rings. The van der Waals surface area contributed by atoms with E-state index < -0.39 is 0 Å². The number of carbonyl (C=O) groups excluding carboxylic acids is 2. The van der Waals surface area contributed by atoms with Gasteiger partial charge in [0.2, 0.25) is 5.91 Å². The highest BCUT2D eigenvalue weighted by atomic mass is 35.5. The highest BCUT2D eigenvalue weighted by Gasteiger charge is 2.23. The number of hydrogen-bond donors (Lipinski definition) is 1. The summed E-state index contributed by atoms with van der Waals surface area (Å²) in [6, 6.07) is 7.13. The molecule has 20 heavy (non-hydrogen) atoms. The normalized spacial score (nSPS) is 16.0. The van der Waals surface area contributed by atoms with E-state index in [4.69, 9.17) is 11.6 Å². The van der Waals surface area contributed by atoms with E-state index in [0.29, 0.717) is 30.1 Å². The van der Waals surface area contributed by atoms with E-state index >= 15 is 0 Å². The van der Waals surface area contributed by atoms with Gasteiger partial charge in [-0.15, -0.1) is 0 Å². The molecule has 5 heteroatoms. The summed E-state index contributed by atoms with van der Waals surface area (Å²) in [4.78, 5) is 25.6. The molecule has 0 aliphatic carbocycles. The molecule has 0 radical (unpaired) electrons. The minimum atomic E-state index is -0.143. The smallest absolute Gasteiger partial charge is 0.253 e. The topological polar surface area (TPSA) is 49.4 Å². The number of piperidine rings is 1. The van der Waals surface area contributed by atoms with E-state index in [1.807, 2.05) is 11.8 Å². The molecule has 1 N–H and O–H groups in total. The summed E-state index contributed by atoms with van der Waals surface area (Å²) in [7, 11) is 0. The van der Waals surface area contributed by atoms with Gasteiger partial charge in [0.15, 0.2) is 0 Å². The molecule has 1 heterocycles. The van der Waals surface area contributed by atoms with Gasteiger partial charge in [0.05, 0.1) is 10.6 Å². The van der Waals surface area contributed by atoms with Crippen molar-refractivity contribution in [1.29, 1.82) is 0 Å². The van der Waals surface area contributed by atoms with Crippen LogP contribution < -0.4 is 5.32 Å². The van der Waals surface area contributed by atoms with Crippen molar-refractivity contribution in [3.8, 4) is 0 Å². The molecule has 2 rings (SSSR count). The van der Waals surface area contributed by atoms with Crippen molar-refractivity contribution < 1.29 is 9.59 Å². The summed E-state index contributed by atoms with van der Waals surface area (Å²) in [5.74, 6) is 0.0387. The van der Waals surface area contributed by atoms with Gasteiger partial charge in [-0.25, -0.2) is 0 Å². The summed E-state index contributed by atoms with van der Waals surface area (Å²) in [6.45, 7) is 3.29. The maximum absolute atomic E-state index is 12.1. The van der Waals surface area contributed by atoms with Crippen LogP contribution >= 0.6 is 11.6 Å². The lowest BCUT2D eigenvalue weighted by Gasteiger charge is -2.32. The van der Waals surface area contributed by atoms with E-state index in [9.17, 15) is 9.59 Å². The Morgan fingerprint density at radius 2 is 1.95 bits per heavy atom. The lowest BCUT2D eigenvalue weighted by Crippen LogP contribution is -2.46. The number of rotatable bonds is 3. The zero-order chi connectivity index (χ0) is 14.5. The Labute approximate surface area is 124 Å². The van der Waals surface area contributed by atoms with Gasteiger partial charge in [-0.3, -0.25) is 9.59 Å². The number of likely N-dealkylation sites (tertiary alicyclic amines) is 1. The molecular formula is C15H19ClN2O2. The van der Waals surface area contributed by atoms with Gasteiger partial charge in [0, 0.05) is 25.6 Å². The van der Waals surface area contributed by atoms with Crippen LogP contribution in [0.25, 0.3) is 0 Å². The fraction of sp³-hybridized carbons (Fsp3) is 0.467. The van der Waals surface area contributed by atoms with Crippen molar-refractivity contribution in [3.63, 3.8) is 0 Å². The van der Waals surface area contributed by atoms with E-state index in [1.165, 1.54) is 0 Å². The zero-order valence-corrected chi connectivity index (χ0v) is 12.3. The number of benzene rings is 1. The quantitative estimate of drug-likeness (QED) is 0.931. The van der Waals surface area contributed by atoms with Crippen molar-refractivity contribution in [2.24, 2.45) is 0 Å². The van der Waals surface area contributed by atoms with E-state index in [2.05, 4.69) is 5.32 Å². The molecule has 0 spiro atoms. The first-order valence-corrected chi connectivity index (χ1v) is 7.32. The average molecular weight is 295 g/mol. The van der Waals surface area contributed by atoms with Crippen LogP contribution in [0.3, 0.4) is 0 Å². The summed E-state index contributed by atoms with van der Waals surface area (Å²) < 4.78 is 0. The maximum Gasteiger partial charge on any atom is 0.253 e. The Hall–Kier alpha value is -1.55. The first-order valence-electron chi connectivity index (χ1n) is 6.95. The number of hydrogen-bond acceptors (Lipinski definition) is 2. The maximum atomic E-state index is 12.1. The van der Waals surface area contributed by atoms with Crippen LogP contribution in [-0.2, 0) is 4.79 Å². The molecule has 1 aliphatic rings. The fourth-order valence-corrected chi connectivity index (χ4v) is 2.63. The second kappa shape index (κ2) is 6.75. The third kappa shape index (κ3) is 3.51. The second-order valence-corrected chi connectivity index (χ2v) is 5.37. The summed E-state index contributed by atoms with van der Waals surface area (Å²) >= 11 is 6.01. The molecule has 2 amide bonds. The van der Waals surface area contributed by atoms with Gasteiger partial charge in [0.25, 0.3) is 5.91 Å². The molecule has 1 aromatic carbocycles. The minimum Gasteiger partial charge on any atom is -0.349 e. The predicted molar refractivity (Wildman–Crippen MR) is 78.8 cm³/mol. The van der Waals surface area contributed by atoms with E-state index in [-0.39, 0.29) is 17.9 Å². The largest absolute Gasteiger partial charge is 0.349 e. The number of nitrogens with zero attached hydrogens (tertiary/aromatic N) is 1. The highest BCUT2D eigenvalue weighted by Crippen LogP contribution is 2.16. The van der Waals surface area contributed by atoms with Crippen LogP contribution in [0.1, 0.15) is 36.5 Å². The first kappa shape index (κ1) is 14.9. The Morgan fingerprint density at radius 1 is 1.30 bits per heavy atom. The summed E-state index contributed by atoms with van der Waals surface area (Å²) in [5.41, 5.74) is 0.501. The van der Waals surface area contributed by atoms with Crippen molar-refractivity contribution >= 4 is 23.4 Å². The average Bonchev–Trinajstić information content (AvgIpc) is 2.47. The first-order chi connectivity index (χ1) is 9.61. The van der Waals surface area contributed by atoms with Crippen LogP contribution in [0.5, 0.6) is 0 Å². The Balaban J connectivity index is 1.88.